The lowest BCUT2D eigenvalue weighted by Gasteiger charge is -2.11. The molecule has 122 valence electrons. The minimum absolute atomic E-state index is 0.0862. The molecule has 1 unspecified atom stereocenters. The highest BCUT2D eigenvalue weighted by Gasteiger charge is 2.26. The zero-order valence-corrected chi connectivity index (χ0v) is 14.3. The van der Waals surface area contributed by atoms with Crippen molar-refractivity contribution in [3.05, 3.63) is 70.3 Å². The van der Waals surface area contributed by atoms with Gasteiger partial charge in [-0.15, -0.1) is 11.8 Å². The van der Waals surface area contributed by atoms with Crippen molar-refractivity contribution in [1.29, 1.82) is 0 Å². The van der Waals surface area contributed by atoms with E-state index in [1.165, 1.54) is 5.56 Å². The Morgan fingerprint density at radius 2 is 2.00 bits per heavy atom. The van der Waals surface area contributed by atoms with Gasteiger partial charge >= 0.3 is 0 Å². The third-order valence-electron chi connectivity index (χ3n) is 4.40. The van der Waals surface area contributed by atoms with Gasteiger partial charge in [-0.2, -0.15) is 0 Å². The molecule has 1 aliphatic heterocycles. The zero-order valence-electron chi connectivity index (χ0n) is 13.4. The summed E-state index contributed by atoms with van der Waals surface area (Å²) in [5, 5.41) is 0.978. The lowest BCUT2D eigenvalue weighted by molar-refractivity contribution is 0.414. The third kappa shape index (κ3) is 2.69. The molecule has 0 aliphatic carbocycles. The highest BCUT2D eigenvalue weighted by molar-refractivity contribution is 7.98. The van der Waals surface area contributed by atoms with E-state index in [9.17, 15) is 4.79 Å². The molecule has 4 nitrogen and oxygen atoms in total. The number of thioether (sulfide) groups is 1. The van der Waals surface area contributed by atoms with E-state index in [4.69, 9.17) is 9.72 Å². The number of fused-ring (bicyclic) bond motifs is 2. The van der Waals surface area contributed by atoms with Gasteiger partial charge in [-0.25, -0.2) is 4.98 Å². The molecule has 0 spiro atoms. The normalized spacial score (nSPS) is 16.3. The number of nitrogens with zero attached hydrogens (tertiary/aromatic N) is 2. The van der Waals surface area contributed by atoms with Gasteiger partial charge in [0.2, 0.25) is 0 Å². The SMILES string of the molecule is COc1ccc(CSC2CCn3c2nc2ccccc2c3=O)cc1. The van der Waals surface area contributed by atoms with Crippen LogP contribution >= 0.6 is 11.8 Å². The molecule has 0 bridgehead atoms. The van der Waals surface area contributed by atoms with Crippen molar-refractivity contribution in [2.75, 3.05) is 7.11 Å². The first-order valence-electron chi connectivity index (χ1n) is 8.00. The van der Waals surface area contributed by atoms with Gasteiger partial charge < -0.3 is 4.74 Å². The average Bonchev–Trinajstić information content (AvgIpc) is 3.04. The Balaban J connectivity index is 1.58. The summed E-state index contributed by atoms with van der Waals surface area (Å²) in [5.41, 5.74) is 2.14. The molecule has 0 saturated heterocycles. The van der Waals surface area contributed by atoms with Gasteiger partial charge in [0.1, 0.15) is 11.6 Å². The van der Waals surface area contributed by atoms with E-state index in [2.05, 4.69) is 12.1 Å². The van der Waals surface area contributed by atoms with Gasteiger partial charge in [-0.1, -0.05) is 24.3 Å². The summed E-state index contributed by atoms with van der Waals surface area (Å²) in [6.07, 6.45) is 0.958. The standard InChI is InChI=1S/C19H18N2O2S/c1-23-14-8-6-13(7-9-14)12-24-17-10-11-21-18(17)20-16-5-3-2-4-15(16)19(21)22/h2-9,17H,10-12H2,1H3. The van der Waals surface area contributed by atoms with Crippen molar-refractivity contribution in [3.63, 3.8) is 0 Å². The molecule has 1 aromatic heterocycles. The fraction of sp³-hybridized carbons (Fsp3) is 0.263. The van der Waals surface area contributed by atoms with E-state index < -0.39 is 0 Å². The largest absolute Gasteiger partial charge is 0.497 e. The number of rotatable bonds is 4. The van der Waals surface area contributed by atoms with Gasteiger partial charge in [0, 0.05) is 12.3 Å². The molecular weight excluding hydrogens is 320 g/mol. The summed E-state index contributed by atoms with van der Waals surface area (Å²) in [7, 11) is 1.67. The maximum absolute atomic E-state index is 12.6. The second-order valence-electron chi connectivity index (χ2n) is 5.88. The molecule has 0 radical (unpaired) electrons. The average molecular weight is 338 g/mol. The highest BCUT2D eigenvalue weighted by Crippen LogP contribution is 2.38. The van der Waals surface area contributed by atoms with Gasteiger partial charge in [-0.3, -0.25) is 9.36 Å². The van der Waals surface area contributed by atoms with E-state index in [1.54, 1.807) is 7.11 Å². The van der Waals surface area contributed by atoms with Gasteiger partial charge in [0.15, 0.2) is 0 Å². The summed E-state index contributed by atoms with van der Waals surface area (Å²) >= 11 is 1.85. The van der Waals surface area contributed by atoms with E-state index in [0.29, 0.717) is 5.39 Å². The molecule has 5 heteroatoms. The smallest absolute Gasteiger partial charge is 0.261 e. The predicted molar refractivity (Wildman–Crippen MR) is 97.7 cm³/mol. The number of benzene rings is 2. The van der Waals surface area contributed by atoms with Crippen molar-refractivity contribution < 1.29 is 4.74 Å². The van der Waals surface area contributed by atoms with Crippen LogP contribution in [0.2, 0.25) is 0 Å². The first-order valence-corrected chi connectivity index (χ1v) is 9.05. The first-order chi connectivity index (χ1) is 11.8. The monoisotopic (exact) mass is 338 g/mol. The van der Waals surface area contributed by atoms with Crippen LogP contribution < -0.4 is 10.3 Å². The van der Waals surface area contributed by atoms with Crippen LogP contribution in [0.25, 0.3) is 10.9 Å². The van der Waals surface area contributed by atoms with Crippen molar-refractivity contribution in [3.8, 4) is 5.75 Å². The molecule has 2 heterocycles. The minimum atomic E-state index is 0.0862. The number of hydrogen-bond acceptors (Lipinski definition) is 4. The molecule has 0 N–H and O–H groups in total. The Morgan fingerprint density at radius 3 is 2.79 bits per heavy atom. The van der Waals surface area contributed by atoms with Crippen molar-refractivity contribution in [1.82, 2.24) is 9.55 Å². The Kier molecular flexibility index (Phi) is 4.02. The number of hydrogen-bond donors (Lipinski definition) is 0. The molecule has 0 fully saturated rings. The van der Waals surface area contributed by atoms with Crippen LogP contribution in [0.4, 0.5) is 0 Å². The molecule has 24 heavy (non-hydrogen) atoms. The Hall–Kier alpha value is -2.27. The van der Waals surface area contributed by atoms with Crippen molar-refractivity contribution >= 4 is 22.7 Å². The number of para-hydroxylation sites is 1. The van der Waals surface area contributed by atoms with Crippen molar-refractivity contribution in [2.24, 2.45) is 0 Å². The van der Waals surface area contributed by atoms with Gasteiger partial charge in [-0.05, 0) is 36.2 Å². The second kappa shape index (κ2) is 6.32. The molecule has 0 amide bonds. The summed E-state index contributed by atoms with van der Waals surface area (Å²) in [4.78, 5) is 17.4. The topological polar surface area (TPSA) is 44.1 Å². The fourth-order valence-electron chi connectivity index (χ4n) is 3.10. The molecule has 1 aliphatic rings. The Labute approximate surface area is 144 Å². The van der Waals surface area contributed by atoms with Crippen LogP contribution in [0, 0.1) is 0 Å². The molecule has 0 saturated carbocycles. The fourth-order valence-corrected chi connectivity index (χ4v) is 4.29. The Morgan fingerprint density at radius 1 is 1.21 bits per heavy atom. The number of methoxy groups -OCH3 is 1. The summed E-state index contributed by atoms with van der Waals surface area (Å²) < 4.78 is 7.03. The maximum atomic E-state index is 12.6. The molecule has 3 aromatic rings. The van der Waals surface area contributed by atoms with Crippen LogP contribution in [0.5, 0.6) is 5.75 Å². The van der Waals surface area contributed by atoms with Gasteiger partial charge in [0.05, 0.1) is 23.3 Å². The van der Waals surface area contributed by atoms with Crippen LogP contribution in [0.1, 0.15) is 23.1 Å². The van der Waals surface area contributed by atoms with E-state index in [1.807, 2.05) is 52.7 Å². The quantitative estimate of drug-likeness (QED) is 0.726. The van der Waals surface area contributed by atoms with Crippen molar-refractivity contribution in [2.45, 2.75) is 24.0 Å². The molecule has 2 aromatic carbocycles. The number of ether oxygens (including phenoxy) is 1. The lowest BCUT2D eigenvalue weighted by atomic mass is 10.2. The van der Waals surface area contributed by atoms with E-state index in [-0.39, 0.29) is 10.8 Å². The predicted octanol–water partition coefficient (Wildman–Crippen LogP) is 3.78. The van der Waals surface area contributed by atoms with Crippen LogP contribution in [0.15, 0.2) is 53.3 Å². The third-order valence-corrected chi connectivity index (χ3v) is 5.75. The molecule has 1 atom stereocenters. The van der Waals surface area contributed by atoms with E-state index in [0.717, 1.165) is 35.8 Å². The highest BCUT2D eigenvalue weighted by atomic mass is 32.2. The first kappa shape index (κ1) is 15.3. The lowest BCUT2D eigenvalue weighted by Crippen LogP contribution is -2.21. The summed E-state index contributed by atoms with van der Waals surface area (Å²) in [5.74, 6) is 2.68. The van der Waals surface area contributed by atoms with Crippen LogP contribution in [-0.4, -0.2) is 16.7 Å². The molecular formula is C19H18N2O2S. The van der Waals surface area contributed by atoms with Gasteiger partial charge in [0.25, 0.3) is 5.56 Å². The second-order valence-corrected chi connectivity index (χ2v) is 7.07. The Bertz CT molecular complexity index is 934. The molecule has 4 rings (SSSR count). The minimum Gasteiger partial charge on any atom is -0.497 e. The maximum Gasteiger partial charge on any atom is 0.261 e. The van der Waals surface area contributed by atoms with E-state index >= 15 is 0 Å². The zero-order chi connectivity index (χ0) is 16.5. The number of aromatic nitrogens is 2. The van der Waals surface area contributed by atoms with Crippen LogP contribution in [-0.2, 0) is 12.3 Å². The van der Waals surface area contributed by atoms with Crippen LogP contribution in [0.3, 0.4) is 0 Å². The summed E-state index contributed by atoms with van der Waals surface area (Å²) in [6.45, 7) is 0.756. The summed E-state index contributed by atoms with van der Waals surface area (Å²) in [6, 6.07) is 15.7.